The fraction of sp³-hybridized carbons (Fsp3) is 0.214. The Morgan fingerprint density at radius 2 is 2.00 bits per heavy atom. The fourth-order valence-electron chi connectivity index (χ4n) is 1.70. The van der Waals surface area contributed by atoms with E-state index in [2.05, 4.69) is 37.9 Å². The third-order valence-corrected chi connectivity index (χ3v) is 3.63. The molecule has 1 heterocycles. The van der Waals surface area contributed by atoms with Gasteiger partial charge < -0.3 is 10.1 Å². The van der Waals surface area contributed by atoms with Gasteiger partial charge in [0.15, 0.2) is 0 Å². The zero-order valence-electron chi connectivity index (χ0n) is 11.2. The maximum absolute atomic E-state index is 11.7. The third-order valence-electron chi connectivity index (χ3n) is 2.61. The van der Waals surface area contributed by atoms with Gasteiger partial charge in [-0.1, -0.05) is 30.3 Å². The van der Waals surface area contributed by atoms with E-state index in [1.54, 1.807) is 0 Å². The molecule has 0 unspecified atom stereocenters. The van der Waals surface area contributed by atoms with Crippen LogP contribution in [-0.2, 0) is 4.74 Å². The summed E-state index contributed by atoms with van der Waals surface area (Å²) in [4.78, 5) is 20.2. The second-order valence-corrected chi connectivity index (χ2v) is 5.03. The van der Waals surface area contributed by atoms with Crippen molar-refractivity contribution in [1.82, 2.24) is 9.97 Å². The Morgan fingerprint density at radius 3 is 2.60 bits per heavy atom. The number of anilines is 1. The lowest BCUT2D eigenvalue weighted by Gasteiger charge is -2.11. The van der Waals surface area contributed by atoms with Crippen molar-refractivity contribution >= 4 is 34.4 Å². The molecule has 2 rings (SSSR count). The second-order valence-electron chi connectivity index (χ2n) is 3.95. The van der Waals surface area contributed by atoms with E-state index in [0.29, 0.717) is 12.4 Å². The van der Waals surface area contributed by atoms with Gasteiger partial charge in [-0.2, -0.15) is 0 Å². The summed E-state index contributed by atoms with van der Waals surface area (Å²) in [5.74, 6) is 0.155. The van der Waals surface area contributed by atoms with Crippen LogP contribution in [-0.4, -0.2) is 29.6 Å². The van der Waals surface area contributed by atoms with Crippen LogP contribution < -0.4 is 5.32 Å². The molecular formula is C14H14IN3O2. The third kappa shape index (κ3) is 3.06. The van der Waals surface area contributed by atoms with E-state index in [1.807, 2.05) is 37.3 Å². The van der Waals surface area contributed by atoms with E-state index in [4.69, 9.17) is 4.74 Å². The van der Waals surface area contributed by atoms with Crippen LogP contribution in [0.4, 0.5) is 5.82 Å². The first-order valence-corrected chi connectivity index (χ1v) is 7.20. The minimum absolute atomic E-state index is 0.0581. The van der Waals surface area contributed by atoms with Gasteiger partial charge in [0.05, 0.1) is 16.4 Å². The van der Waals surface area contributed by atoms with E-state index in [-0.39, 0.29) is 5.82 Å². The molecule has 0 atom stereocenters. The van der Waals surface area contributed by atoms with Gasteiger partial charge in [-0.05, 0) is 29.5 Å². The summed E-state index contributed by atoms with van der Waals surface area (Å²) >= 11 is 2.18. The van der Waals surface area contributed by atoms with Gasteiger partial charge in [0.25, 0.3) is 0 Å². The topological polar surface area (TPSA) is 64.1 Å². The maximum Gasteiger partial charge on any atom is 0.376 e. The first-order chi connectivity index (χ1) is 9.67. The van der Waals surface area contributed by atoms with Crippen molar-refractivity contribution in [2.75, 3.05) is 19.0 Å². The Kier molecular flexibility index (Phi) is 4.89. The average molecular weight is 383 g/mol. The number of halogens is 1. The highest BCUT2D eigenvalue weighted by atomic mass is 127. The van der Waals surface area contributed by atoms with Crippen LogP contribution in [0.5, 0.6) is 0 Å². The highest BCUT2D eigenvalue weighted by Gasteiger charge is 2.18. The number of rotatable bonds is 4. The quantitative estimate of drug-likeness (QED) is 0.650. The number of benzene rings is 1. The van der Waals surface area contributed by atoms with Crippen molar-refractivity contribution in [3.05, 3.63) is 39.7 Å². The molecule has 0 fully saturated rings. The van der Waals surface area contributed by atoms with Crippen LogP contribution in [0.2, 0.25) is 0 Å². The Balaban J connectivity index is 2.60. The Labute approximate surface area is 130 Å². The molecule has 0 saturated heterocycles. The molecule has 0 bridgehead atoms. The number of nitrogens with zero attached hydrogens (tertiary/aromatic N) is 2. The van der Waals surface area contributed by atoms with Gasteiger partial charge in [0.2, 0.25) is 5.82 Å². The maximum atomic E-state index is 11.7. The summed E-state index contributed by atoms with van der Waals surface area (Å²) in [6.45, 7) is 2.68. The molecule has 5 nitrogen and oxygen atoms in total. The number of esters is 1. The normalized spacial score (nSPS) is 10.2. The minimum atomic E-state index is -0.544. The molecule has 1 aromatic carbocycles. The molecule has 0 saturated carbocycles. The van der Waals surface area contributed by atoms with Crippen molar-refractivity contribution < 1.29 is 9.53 Å². The SMILES string of the molecule is CCNc1nc(C(=O)OC)nc(-c2ccccc2)c1I. The molecule has 0 amide bonds. The number of methoxy groups -OCH3 is 1. The number of ether oxygens (including phenoxy) is 1. The van der Waals surface area contributed by atoms with Crippen molar-refractivity contribution in [3.63, 3.8) is 0 Å². The molecule has 0 aliphatic heterocycles. The van der Waals surface area contributed by atoms with Crippen molar-refractivity contribution in [2.45, 2.75) is 6.92 Å². The summed E-state index contributed by atoms with van der Waals surface area (Å²) in [6.07, 6.45) is 0. The van der Waals surface area contributed by atoms with Gasteiger partial charge in [0.1, 0.15) is 5.82 Å². The summed E-state index contributed by atoms with van der Waals surface area (Å²) < 4.78 is 5.58. The van der Waals surface area contributed by atoms with Crippen LogP contribution in [0.25, 0.3) is 11.3 Å². The summed E-state index contributed by atoms with van der Waals surface area (Å²) in [5.41, 5.74) is 1.65. The highest BCUT2D eigenvalue weighted by Crippen LogP contribution is 2.28. The van der Waals surface area contributed by atoms with E-state index in [9.17, 15) is 4.79 Å². The lowest BCUT2D eigenvalue weighted by molar-refractivity contribution is 0.0587. The van der Waals surface area contributed by atoms with Crippen LogP contribution in [0.1, 0.15) is 17.5 Å². The standard InChI is InChI=1S/C14H14IN3O2/c1-3-16-12-10(15)11(9-7-5-4-6-8-9)17-13(18-12)14(19)20-2/h4-8H,3H2,1-2H3,(H,16,17,18). The monoisotopic (exact) mass is 383 g/mol. The summed E-state index contributed by atoms with van der Waals surface area (Å²) in [6, 6.07) is 9.68. The fourth-order valence-corrected chi connectivity index (χ4v) is 2.44. The predicted molar refractivity (Wildman–Crippen MR) is 85.7 cm³/mol. The average Bonchev–Trinajstić information content (AvgIpc) is 2.49. The smallest absolute Gasteiger partial charge is 0.376 e. The molecule has 20 heavy (non-hydrogen) atoms. The van der Waals surface area contributed by atoms with Gasteiger partial charge in [-0.15, -0.1) is 0 Å². The van der Waals surface area contributed by atoms with Gasteiger partial charge in [-0.3, -0.25) is 0 Å². The van der Waals surface area contributed by atoms with Gasteiger partial charge >= 0.3 is 5.97 Å². The van der Waals surface area contributed by atoms with Crippen molar-refractivity contribution in [2.24, 2.45) is 0 Å². The van der Waals surface area contributed by atoms with Gasteiger partial charge in [-0.25, -0.2) is 14.8 Å². The lowest BCUT2D eigenvalue weighted by Crippen LogP contribution is -2.13. The van der Waals surface area contributed by atoms with E-state index in [1.165, 1.54) is 7.11 Å². The van der Waals surface area contributed by atoms with Crippen molar-refractivity contribution in [1.29, 1.82) is 0 Å². The van der Waals surface area contributed by atoms with Gasteiger partial charge in [0, 0.05) is 12.1 Å². The Morgan fingerprint density at radius 1 is 1.30 bits per heavy atom. The summed E-state index contributed by atoms with van der Waals surface area (Å²) in [7, 11) is 1.32. The molecule has 0 spiro atoms. The Bertz CT molecular complexity index is 617. The van der Waals surface area contributed by atoms with E-state index < -0.39 is 5.97 Å². The number of hydrogen-bond donors (Lipinski definition) is 1. The van der Waals surface area contributed by atoms with Crippen molar-refractivity contribution in [3.8, 4) is 11.3 Å². The van der Waals surface area contributed by atoms with Crippen LogP contribution in [0.15, 0.2) is 30.3 Å². The predicted octanol–water partition coefficient (Wildman–Crippen LogP) is 2.97. The van der Waals surface area contributed by atoms with E-state index >= 15 is 0 Å². The lowest BCUT2D eigenvalue weighted by atomic mass is 10.1. The zero-order valence-corrected chi connectivity index (χ0v) is 13.3. The van der Waals surface area contributed by atoms with Crippen LogP contribution >= 0.6 is 22.6 Å². The first kappa shape index (κ1) is 14.7. The molecule has 0 aliphatic carbocycles. The Hall–Kier alpha value is -1.70. The first-order valence-electron chi connectivity index (χ1n) is 6.12. The summed E-state index contributed by atoms with van der Waals surface area (Å²) in [5, 5.41) is 3.14. The number of hydrogen-bond acceptors (Lipinski definition) is 5. The second kappa shape index (κ2) is 6.65. The molecule has 1 aromatic heterocycles. The number of carbonyl (C=O) groups is 1. The molecule has 1 N–H and O–H groups in total. The number of aromatic nitrogens is 2. The molecule has 0 radical (unpaired) electrons. The number of nitrogens with one attached hydrogen (secondary N) is 1. The van der Waals surface area contributed by atoms with E-state index in [0.717, 1.165) is 14.8 Å². The molecule has 2 aromatic rings. The molecule has 0 aliphatic rings. The zero-order chi connectivity index (χ0) is 14.5. The molecular weight excluding hydrogens is 369 g/mol. The van der Waals surface area contributed by atoms with Crippen LogP contribution in [0.3, 0.4) is 0 Å². The highest BCUT2D eigenvalue weighted by molar-refractivity contribution is 14.1. The largest absolute Gasteiger partial charge is 0.463 e. The molecule has 104 valence electrons. The van der Waals surface area contributed by atoms with Crippen LogP contribution in [0, 0.1) is 3.57 Å². The molecule has 6 heteroatoms. The minimum Gasteiger partial charge on any atom is -0.463 e. The number of carbonyl (C=O) groups excluding carboxylic acids is 1.